The van der Waals surface area contributed by atoms with Crippen LogP contribution in [-0.2, 0) is 19.3 Å². The van der Waals surface area contributed by atoms with Gasteiger partial charge >= 0.3 is 0 Å². The van der Waals surface area contributed by atoms with Gasteiger partial charge in [-0.2, -0.15) is 0 Å². The Morgan fingerprint density at radius 3 is 1.62 bits per heavy atom. The summed E-state index contributed by atoms with van der Waals surface area (Å²) in [7, 11) is 0.0401. The number of benzene rings is 1. The van der Waals surface area contributed by atoms with Crippen LogP contribution in [-0.4, -0.2) is 12.3 Å². The Morgan fingerprint density at radius 1 is 0.577 bits per heavy atom. The van der Waals surface area contributed by atoms with Crippen molar-refractivity contribution in [3.05, 3.63) is 28.8 Å². The molecule has 0 aliphatic carbocycles. The van der Waals surface area contributed by atoms with Gasteiger partial charge in [0.25, 0.3) is 0 Å². The molecule has 0 bridgehead atoms. The molecule has 0 fully saturated rings. The van der Waals surface area contributed by atoms with Crippen molar-refractivity contribution in [1.82, 2.24) is 0 Å². The van der Waals surface area contributed by atoms with Gasteiger partial charge in [0.1, 0.15) is 0 Å². The minimum Gasteiger partial charge on any atom is -0.0750 e. The molecule has 0 radical (unpaired) electrons. The molecule has 0 saturated carbocycles. The first kappa shape index (κ1) is 23.7. The molecule has 0 aliphatic heterocycles. The van der Waals surface area contributed by atoms with Crippen molar-refractivity contribution in [3.8, 4) is 0 Å². The van der Waals surface area contributed by atoms with E-state index in [0.717, 1.165) is 0 Å². The Kier molecular flexibility index (Phi) is 13.4. The van der Waals surface area contributed by atoms with Gasteiger partial charge in [-0.1, -0.05) is 99.6 Å². The van der Waals surface area contributed by atoms with E-state index in [1.54, 1.807) is 22.0 Å². The summed E-state index contributed by atoms with van der Waals surface area (Å²) in [5.41, 5.74) is 5.17. The van der Waals surface area contributed by atoms with Gasteiger partial charge in [0.15, 0.2) is 0 Å². The number of aryl methyl sites for hydroxylation is 1. The second kappa shape index (κ2) is 14.7. The van der Waals surface area contributed by atoms with Gasteiger partial charge in [-0.05, 0) is 66.4 Å². The van der Waals surface area contributed by atoms with E-state index in [0.29, 0.717) is 0 Å². The second-order valence-corrected chi connectivity index (χ2v) is 10.3. The maximum absolute atomic E-state index is 2.57. The largest absolute Gasteiger partial charge is 0.0750 e. The van der Waals surface area contributed by atoms with Crippen LogP contribution in [0.3, 0.4) is 0 Å². The van der Waals surface area contributed by atoms with Crippen molar-refractivity contribution >= 4 is 13.2 Å². The Balaban J connectivity index is 3.20. The lowest BCUT2D eigenvalue weighted by molar-refractivity contribution is 0.763. The average molecular weight is 377 g/mol. The smallest absolute Gasteiger partial charge is 0.0206 e. The van der Waals surface area contributed by atoms with Crippen LogP contribution in [0.25, 0.3) is 0 Å². The molecular weight excluding hydrogens is 331 g/mol. The number of hydrogen-bond acceptors (Lipinski definition) is 0. The molecular formula is C25H45P. The molecule has 1 rings (SSSR count). The fourth-order valence-corrected chi connectivity index (χ4v) is 6.91. The minimum atomic E-state index is 0.0401. The van der Waals surface area contributed by atoms with E-state index in [9.17, 15) is 0 Å². The molecule has 1 aromatic rings. The first-order chi connectivity index (χ1) is 12.7. The molecule has 0 N–H and O–H groups in total. The highest BCUT2D eigenvalue weighted by Crippen LogP contribution is 2.40. The standard InChI is InChI=1S/C25H45P/c1-6-11-13-20-26(21-14-12-7-2)25-19-18-22(15-8-3)23(16-9-4)24(25)17-10-5/h18-19H,6-17,20-21H2,1-5H3. The fraction of sp³-hybridized carbons (Fsp3) is 0.760. The van der Waals surface area contributed by atoms with Crippen LogP contribution in [0.1, 0.15) is 109 Å². The number of unbranched alkanes of at least 4 members (excludes halogenated alkanes) is 4. The summed E-state index contributed by atoms with van der Waals surface area (Å²) in [4.78, 5) is 0. The van der Waals surface area contributed by atoms with Crippen LogP contribution >= 0.6 is 7.92 Å². The molecule has 1 aromatic carbocycles. The summed E-state index contributed by atoms with van der Waals surface area (Å²) in [6.45, 7) is 11.7. The van der Waals surface area contributed by atoms with Crippen LogP contribution in [0.2, 0.25) is 0 Å². The Labute approximate surface area is 166 Å². The third kappa shape index (κ3) is 7.72. The monoisotopic (exact) mass is 376 g/mol. The molecule has 0 atom stereocenters. The topological polar surface area (TPSA) is 0 Å². The van der Waals surface area contributed by atoms with Crippen LogP contribution in [0, 0.1) is 0 Å². The first-order valence-corrected chi connectivity index (χ1v) is 13.3. The quantitative estimate of drug-likeness (QED) is 0.215. The summed E-state index contributed by atoms with van der Waals surface area (Å²) in [6, 6.07) is 5.08. The van der Waals surface area contributed by atoms with E-state index in [-0.39, 0.29) is 7.92 Å². The highest BCUT2D eigenvalue weighted by molar-refractivity contribution is 7.65. The Morgan fingerprint density at radius 2 is 1.12 bits per heavy atom. The van der Waals surface area contributed by atoms with Gasteiger partial charge in [-0.15, -0.1) is 0 Å². The Hall–Kier alpha value is -0.350. The highest BCUT2D eigenvalue weighted by atomic mass is 31.1. The number of rotatable bonds is 15. The molecule has 0 spiro atoms. The van der Waals surface area contributed by atoms with Crippen LogP contribution < -0.4 is 5.30 Å². The summed E-state index contributed by atoms with van der Waals surface area (Å²) >= 11 is 0. The second-order valence-electron chi connectivity index (χ2n) is 7.85. The van der Waals surface area contributed by atoms with E-state index in [1.807, 2.05) is 0 Å². The number of hydrogen-bond donors (Lipinski definition) is 0. The van der Waals surface area contributed by atoms with E-state index < -0.39 is 0 Å². The van der Waals surface area contributed by atoms with Crippen molar-refractivity contribution in [2.24, 2.45) is 0 Å². The molecule has 26 heavy (non-hydrogen) atoms. The van der Waals surface area contributed by atoms with E-state index >= 15 is 0 Å². The minimum absolute atomic E-state index is 0.0401. The zero-order valence-electron chi connectivity index (χ0n) is 18.5. The van der Waals surface area contributed by atoms with E-state index in [2.05, 4.69) is 46.8 Å². The lowest BCUT2D eigenvalue weighted by Crippen LogP contribution is -2.17. The maximum atomic E-state index is 2.57. The van der Waals surface area contributed by atoms with Crippen LogP contribution in [0.15, 0.2) is 12.1 Å². The average Bonchev–Trinajstić information content (AvgIpc) is 2.64. The maximum Gasteiger partial charge on any atom is -0.0206 e. The van der Waals surface area contributed by atoms with Crippen molar-refractivity contribution in [2.75, 3.05) is 12.3 Å². The zero-order valence-corrected chi connectivity index (χ0v) is 19.4. The summed E-state index contributed by atoms with van der Waals surface area (Å²) in [5, 5.41) is 1.79. The molecule has 0 amide bonds. The van der Waals surface area contributed by atoms with E-state index in [1.165, 1.54) is 89.4 Å². The third-order valence-electron chi connectivity index (χ3n) is 5.43. The van der Waals surface area contributed by atoms with Crippen molar-refractivity contribution < 1.29 is 0 Å². The predicted molar refractivity (Wildman–Crippen MR) is 124 cm³/mol. The predicted octanol–water partition coefficient (Wildman–Crippen LogP) is 8.03. The molecule has 0 heterocycles. The molecule has 0 aromatic heterocycles. The Bertz CT molecular complexity index is 467. The summed E-state index contributed by atoms with van der Waals surface area (Å²) in [5.74, 6) is 0. The van der Waals surface area contributed by atoms with Gasteiger partial charge in [-0.25, -0.2) is 0 Å². The molecule has 0 aliphatic rings. The van der Waals surface area contributed by atoms with Gasteiger partial charge < -0.3 is 0 Å². The van der Waals surface area contributed by atoms with Gasteiger partial charge in [-0.3, -0.25) is 0 Å². The van der Waals surface area contributed by atoms with E-state index in [4.69, 9.17) is 0 Å². The van der Waals surface area contributed by atoms with Crippen molar-refractivity contribution in [1.29, 1.82) is 0 Å². The lowest BCUT2D eigenvalue weighted by atomic mass is 9.92. The molecule has 0 saturated heterocycles. The highest BCUT2D eigenvalue weighted by Gasteiger charge is 2.18. The van der Waals surface area contributed by atoms with Crippen LogP contribution in [0.5, 0.6) is 0 Å². The fourth-order valence-electron chi connectivity index (χ4n) is 4.08. The SMILES string of the molecule is CCCCCP(CCCCC)c1ccc(CCC)c(CCC)c1CCC. The summed E-state index contributed by atoms with van der Waals surface area (Å²) < 4.78 is 0. The zero-order chi connectivity index (χ0) is 19.2. The van der Waals surface area contributed by atoms with Crippen molar-refractivity contribution in [2.45, 2.75) is 112 Å². The van der Waals surface area contributed by atoms with Crippen molar-refractivity contribution in [3.63, 3.8) is 0 Å². The third-order valence-corrected chi connectivity index (χ3v) is 8.24. The normalized spacial score (nSPS) is 11.5. The van der Waals surface area contributed by atoms with Crippen LogP contribution in [0.4, 0.5) is 0 Å². The lowest BCUT2D eigenvalue weighted by Gasteiger charge is -2.25. The van der Waals surface area contributed by atoms with Gasteiger partial charge in [0.05, 0.1) is 0 Å². The molecule has 1 heteroatoms. The molecule has 0 nitrogen and oxygen atoms in total. The van der Waals surface area contributed by atoms with Gasteiger partial charge in [0.2, 0.25) is 0 Å². The molecule has 0 unspecified atom stereocenters. The van der Waals surface area contributed by atoms with Gasteiger partial charge in [0, 0.05) is 0 Å². The molecule has 150 valence electrons. The summed E-state index contributed by atoms with van der Waals surface area (Å²) in [6.07, 6.45) is 19.0. The first-order valence-electron chi connectivity index (χ1n) is 11.6.